The predicted octanol–water partition coefficient (Wildman–Crippen LogP) is 3.44. The topological polar surface area (TPSA) is 61.4 Å². The van der Waals surface area contributed by atoms with E-state index in [-0.39, 0.29) is 42.7 Å². The van der Waals surface area contributed by atoms with E-state index in [0.717, 1.165) is 12.1 Å². The Labute approximate surface area is 176 Å². The minimum Gasteiger partial charge on any atom is -0.349 e. The highest BCUT2D eigenvalue weighted by Crippen LogP contribution is 2.25. The Kier molecular flexibility index (Phi) is 8.30. The highest BCUT2D eigenvalue weighted by Gasteiger charge is 2.29. The normalized spacial score (nSPS) is 17.4. The molecule has 0 radical (unpaired) electrons. The third-order valence-corrected chi connectivity index (χ3v) is 4.93. The van der Waals surface area contributed by atoms with Gasteiger partial charge in [0.05, 0.1) is 6.04 Å². The number of hydrogen-bond donors (Lipinski definition) is 2. The summed E-state index contributed by atoms with van der Waals surface area (Å²) in [4.78, 5) is 27.1. The zero-order valence-electron chi connectivity index (χ0n) is 15.7. The van der Waals surface area contributed by atoms with Crippen molar-refractivity contribution < 1.29 is 9.59 Å². The van der Waals surface area contributed by atoms with Crippen LogP contribution in [0.5, 0.6) is 0 Å². The predicted molar refractivity (Wildman–Crippen MR) is 114 cm³/mol. The van der Waals surface area contributed by atoms with Crippen LogP contribution in [-0.4, -0.2) is 42.4 Å². The molecule has 5 nitrogen and oxygen atoms in total. The van der Waals surface area contributed by atoms with Crippen molar-refractivity contribution in [1.29, 1.82) is 0 Å². The molecule has 2 atom stereocenters. The maximum atomic E-state index is 12.9. The average Bonchev–Trinajstić information content (AvgIpc) is 2.68. The summed E-state index contributed by atoms with van der Waals surface area (Å²) in [6.45, 7) is 3.94. The summed E-state index contributed by atoms with van der Waals surface area (Å²) in [6.07, 6.45) is 0.260. The molecule has 0 spiro atoms. The van der Waals surface area contributed by atoms with Crippen LogP contribution in [0.4, 0.5) is 0 Å². The van der Waals surface area contributed by atoms with E-state index >= 15 is 0 Å². The molecule has 1 fully saturated rings. The van der Waals surface area contributed by atoms with Crippen LogP contribution in [0, 0.1) is 0 Å². The monoisotopic (exact) mass is 421 g/mol. The van der Waals surface area contributed by atoms with Gasteiger partial charge in [-0.1, -0.05) is 41.9 Å². The maximum absolute atomic E-state index is 12.9. The van der Waals surface area contributed by atoms with E-state index in [1.54, 1.807) is 12.1 Å². The lowest BCUT2D eigenvalue weighted by Gasteiger charge is -2.37. The summed E-state index contributed by atoms with van der Waals surface area (Å²) >= 11 is 6.12. The molecule has 7 heteroatoms. The first-order valence-corrected chi connectivity index (χ1v) is 9.54. The van der Waals surface area contributed by atoms with Gasteiger partial charge < -0.3 is 15.5 Å². The second kappa shape index (κ2) is 10.5. The lowest BCUT2D eigenvalue weighted by molar-refractivity contribution is -0.135. The molecule has 1 heterocycles. The standard InChI is InChI=1S/C21H24ClN3O2.ClH/c1-15(24-21(27)16-6-3-2-4-7-16)12-20(26)25-11-10-23-14-19(25)17-8-5-9-18(22)13-17;/h2-9,13,15,19,23H,10-12,14H2,1H3,(H,24,27);1H. The van der Waals surface area contributed by atoms with Crippen molar-refractivity contribution >= 4 is 35.8 Å². The Morgan fingerprint density at radius 3 is 2.68 bits per heavy atom. The van der Waals surface area contributed by atoms with Gasteiger partial charge in [0, 0.05) is 42.7 Å². The molecule has 2 unspecified atom stereocenters. The molecule has 28 heavy (non-hydrogen) atoms. The number of piperazine rings is 1. The van der Waals surface area contributed by atoms with Gasteiger partial charge in [-0.05, 0) is 36.8 Å². The van der Waals surface area contributed by atoms with Gasteiger partial charge in [0.2, 0.25) is 5.91 Å². The van der Waals surface area contributed by atoms with Crippen LogP contribution >= 0.6 is 24.0 Å². The molecular formula is C21H25Cl2N3O2. The molecule has 150 valence electrons. The molecule has 0 bridgehead atoms. The van der Waals surface area contributed by atoms with Gasteiger partial charge in [-0.2, -0.15) is 0 Å². The van der Waals surface area contributed by atoms with Crippen molar-refractivity contribution in [3.8, 4) is 0 Å². The van der Waals surface area contributed by atoms with E-state index in [9.17, 15) is 9.59 Å². The van der Waals surface area contributed by atoms with Gasteiger partial charge in [-0.15, -0.1) is 12.4 Å². The number of nitrogens with one attached hydrogen (secondary N) is 2. The summed E-state index contributed by atoms with van der Waals surface area (Å²) in [5.74, 6) is -0.134. The fraction of sp³-hybridized carbons (Fsp3) is 0.333. The number of halogens is 2. The number of amides is 2. The van der Waals surface area contributed by atoms with E-state index in [4.69, 9.17) is 11.6 Å². The molecular weight excluding hydrogens is 397 g/mol. The molecule has 0 aliphatic carbocycles. The Morgan fingerprint density at radius 1 is 1.21 bits per heavy atom. The molecule has 1 aliphatic heterocycles. The number of rotatable bonds is 5. The molecule has 2 aromatic carbocycles. The van der Waals surface area contributed by atoms with Crippen molar-refractivity contribution in [2.24, 2.45) is 0 Å². The molecule has 2 N–H and O–H groups in total. The van der Waals surface area contributed by atoms with Crippen LogP contribution in [0.1, 0.15) is 35.3 Å². The molecule has 0 saturated carbocycles. The number of carbonyl (C=O) groups is 2. The van der Waals surface area contributed by atoms with Crippen molar-refractivity contribution in [1.82, 2.24) is 15.5 Å². The summed E-state index contributed by atoms with van der Waals surface area (Å²) < 4.78 is 0. The fourth-order valence-corrected chi connectivity index (χ4v) is 3.54. The number of nitrogens with zero attached hydrogens (tertiary/aromatic N) is 1. The molecule has 2 aromatic rings. The lowest BCUT2D eigenvalue weighted by atomic mass is 10.0. The largest absolute Gasteiger partial charge is 0.349 e. The van der Waals surface area contributed by atoms with Crippen LogP contribution in [0.3, 0.4) is 0 Å². The van der Waals surface area contributed by atoms with Gasteiger partial charge in [-0.3, -0.25) is 9.59 Å². The van der Waals surface area contributed by atoms with Crippen LogP contribution in [0.15, 0.2) is 54.6 Å². The Morgan fingerprint density at radius 2 is 1.96 bits per heavy atom. The van der Waals surface area contributed by atoms with Crippen molar-refractivity contribution in [3.63, 3.8) is 0 Å². The highest BCUT2D eigenvalue weighted by atomic mass is 35.5. The quantitative estimate of drug-likeness (QED) is 0.776. The van der Waals surface area contributed by atoms with E-state index in [1.807, 2.05) is 54.3 Å². The van der Waals surface area contributed by atoms with Gasteiger partial charge in [0.25, 0.3) is 5.91 Å². The molecule has 2 amide bonds. The van der Waals surface area contributed by atoms with Gasteiger partial charge in [-0.25, -0.2) is 0 Å². The van der Waals surface area contributed by atoms with Crippen molar-refractivity contribution in [2.45, 2.75) is 25.4 Å². The van der Waals surface area contributed by atoms with Gasteiger partial charge in [0.15, 0.2) is 0 Å². The van der Waals surface area contributed by atoms with Crippen LogP contribution in [-0.2, 0) is 4.79 Å². The van der Waals surface area contributed by atoms with E-state index in [2.05, 4.69) is 10.6 Å². The smallest absolute Gasteiger partial charge is 0.251 e. The second-order valence-electron chi connectivity index (χ2n) is 6.81. The number of benzene rings is 2. The second-order valence-corrected chi connectivity index (χ2v) is 7.24. The van der Waals surface area contributed by atoms with E-state index in [0.29, 0.717) is 23.7 Å². The number of carbonyl (C=O) groups excluding carboxylic acids is 2. The maximum Gasteiger partial charge on any atom is 0.251 e. The average molecular weight is 422 g/mol. The van der Waals surface area contributed by atoms with Gasteiger partial charge in [0.1, 0.15) is 0 Å². The fourth-order valence-electron chi connectivity index (χ4n) is 3.34. The Hall–Kier alpha value is -2.08. The zero-order valence-corrected chi connectivity index (χ0v) is 17.3. The summed E-state index contributed by atoms with van der Waals surface area (Å²) in [7, 11) is 0. The third-order valence-electron chi connectivity index (χ3n) is 4.69. The molecule has 1 aliphatic rings. The molecule has 3 rings (SSSR count). The lowest BCUT2D eigenvalue weighted by Crippen LogP contribution is -2.50. The summed E-state index contributed by atoms with van der Waals surface area (Å²) in [5.41, 5.74) is 1.61. The summed E-state index contributed by atoms with van der Waals surface area (Å²) in [6, 6.07) is 16.3. The minimum atomic E-state index is -0.250. The molecule has 1 saturated heterocycles. The Balaban J connectivity index is 0.00000280. The first-order chi connectivity index (χ1) is 13.0. The van der Waals surface area contributed by atoms with Crippen LogP contribution in [0.2, 0.25) is 5.02 Å². The third kappa shape index (κ3) is 5.71. The van der Waals surface area contributed by atoms with E-state index < -0.39 is 0 Å². The van der Waals surface area contributed by atoms with Crippen molar-refractivity contribution in [2.75, 3.05) is 19.6 Å². The highest BCUT2D eigenvalue weighted by molar-refractivity contribution is 6.30. The van der Waals surface area contributed by atoms with Gasteiger partial charge >= 0.3 is 0 Å². The van der Waals surface area contributed by atoms with Crippen molar-refractivity contribution in [3.05, 3.63) is 70.7 Å². The number of hydrogen-bond acceptors (Lipinski definition) is 3. The van der Waals surface area contributed by atoms with E-state index in [1.165, 1.54) is 0 Å². The first-order valence-electron chi connectivity index (χ1n) is 9.16. The SMILES string of the molecule is CC(CC(=O)N1CCNCC1c1cccc(Cl)c1)NC(=O)c1ccccc1.Cl. The van der Waals surface area contributed by atoms with Crippen LogP contribution < -0.4 is 10.6 Å². The Bertz CT molecular complexity index is 801. The van der Waals surface area contributed by atoms with Crippen LogP contribution in [0.25, 0.3) is 0 Å². The first kappa shape index (κ1) is 22.2. The summed E-state index contributed by atoms with van der Waals surface area (Å²) in [5, 5.41) is 6.91. The molecule has 0 aromatic heterocycles. The minimum absolute atomic E-state index is 0. The zero-order chi connectivity index (χ0) is 19.2.